The number of nitrogens with zero attached hydrogens (tertiary/aromatic N) is 1. The van der Waals surface area contributed by atoms with Crippen molar-refractivity contribution in [1.82, 2.24) is 4.90 Å². The van der Waals surface area contributed by atoms with Gasteiger partial charge in [-0.25, -0.2) is 4.39 Å². The van der Waals surface area contributed by atoms with Crippen LogP contribution in [0, 0.1) is 5.82 Å². The van der Waals surface area contributed by atoms with Gasteiger partial charge in [0, 0.05) is 31.4 Å². The zero-order chi connectivity index (χ0) is 25.7. The van der Waals surface area contributed by atoms with Gasteiger partial charge in [0.2, 0.25) is 5.91 Å². The summed E-state index contributed by atoms with van der Waals surface area (Å²) in [5, 5.41) is 9.34. The minimum absolute atomic E-state index is 0.154. The molecule has 0 fully saturated rings. The third-order valence-corrected chi connectivity index (χ3v) is 6.43. The molecule has 3 aromatic rings. The van der Waals surface area contributed by atoms with Crippen molar-refractivity contribution in [2.45, 2.75) is 44.8 Å². The van der Waals surface area contributed by atoms with Crippen molar-refractivity contribution in [2.24, 2.45) is 0 Å². The number of hydrogen-bond donors (Lipinski definition) is 1. The molecule has 1 aliphatic rings. The quantitative estimate of drug-likeness (QED) is 0.440. The Bertz CT molecular complexity index is 1260. The molecule has 1 N–H and O–H groups in total. The number of aryl methyl sites for hydroxylation is 1. The normalized spacial score (nSPS) is 16.2. The molecule has 4 rings (SSSR count). The van der Waals surface area contributed by atoms with Crippen molar-refractivity contribution in [2.75, 3.05) is 13.7 Å². The van der Waals surface area contributed by atoms with Crippen LogP contribution < -0.4 is 9.47 Å². The van der Waals surface area contributed by atoms with Crippen molar-refractivity contribution < 1.29 is 28.6 Å². The van der Waals surface area contributed by atoms with Gasteiger partial charge in [-0.15, -0.1) is 0 Å². The Kier molecular flexibility index (Phi) is 7.58. The Hall–Kier alpha value is -3.87. The SMILES string of the molecule is COc1ccccc1CN(CC(=O)O)C(=O)CCc1ccc2c(c1)C[C@@](C)(Cc1ccccc1F)O2. The average Bonchev–Trinajstić information content (AvgIpc) is 3.18. The summed E-state index contributed by atoms with van der Waals surface area (Å²) >= 11 is 0. The Morgan fingerprint density at radius 2 is 1.81 bits per heavy atom. The van der Waals surface area contributed by atoms with Crippen LogP contribution in [0.1, 0.15) is 35.6 Å². The number of carbonyl (C=O) groups is 2. The average molecular weight is 492 g/mol. The van der Waals surface area contributed by atoms with Gasteiger partial charge in [0.25, 0.3) is 0 Å². The van der Waals surface area contributed by atoms with E-state index in [4.69, 9.17) is 9.47 Å². The minimum Gasteiger partial charge on any atom is -0.496 e. The van der Waals surface area contributed by atoms with Crippen LogP contribution in [0.2, 0.25) is 0 Å². The molecule has 188 valence electrons. The lowest BCUT2D eigenvalue weighted by Crippen LogP contribution is -2.35. The number of benzene rings is 3. The van der Waals surface area contributed by atoms with Crippen LogP contribution in [0.25, 0.3) is 0 Å². The van der Waals surface area contributed by atoms with Crippen LogP contribution in [0.3, 0.4) is 0 Å². The molecule has 36 heavy (non-hydrogen) atoms. The summed E-state index contributed by atoms with van der Waals surface area (Å²) in [5.41, 5.74) is 2.81. The first-order chi connectivity index (χ1) is 17.3. The highest BCUT2D eigenvalue weighted by Gasteiger charge is 2.35. The van der Waals surface area contributed by atoms with Crippen LogP contribution in [0.15, 0.2) is 66.7 Å². The number of carbonyl (C=O) groups excluding carboxylic acids is 1. The number of fused-ring (bicyclic) bond motifs is 1. The lowest BCUT2D eigenvalue weighted by atomic mass is 9.91. The van der Waals surface area contributed by atoms with Gasteiger partial charge in [0.15, 0.2) is 0 Å². The molecule has 1 heterocycles. The van der Waals surface area contributed by atoms with Gasteiger partial charge in [-0.05, 0) is 48.2 Å². The van der Waals surface area contributed by atoms with Gasteiger partial charge < -0.3 is 19.5 Å². The van der Waals surface area contributed by atoms with Gasteiger partial charge in [-0.3, -0.25) is 9.59 Å². The maximum absolute atomic E-state index is 14.2. The fourth-order valence-corrected chi connectivity index (χ4v) is 4.72. The van der Waals surface area contributed by atoms with E-state index in [0.29, 0.717) is 30.6 Å². The van der Waals surface area contributed by atoms with Crippen molar-refractivity contribution in [3.8, 4) is 11.5 Å². The number of aliphatic carboxylic acids is 1. The highest BCUT2D eigenvalue weighted by molar-refractivity contribution is 5.81. The number of halogens is 1. The van der Waals surface area contributed by atoms with Crippen molar-refractivity contribution in [3.63, 3.8) is 0 Å². The third kappa shape index (κ3) is 6.03. The highest BCUT2D eigenvalue weighted by atomic mass is 19.1. The topological polar surface area (TPSA) is 76.1 Å². The Morgan fingerprint density at radius 3 is 2.53 bits per heavy atom. The molecule has 0 aliphatic carbocycles. The molecule has 0 aromatic heterocycles. The number of methoxy groups -OCH3 is 1. The summed E-state index contributed by atoms with van der Waals surface area (Å²) in [5.74, 6) is -0.173. The zero-order valence-corrected chi connectivity index (χ0v) is 20.5. The maximum atomic E-state index is 14.2. The fraction of sp³-hybridized carbons (Fsp3) is 0.310. The van der Waals surface area contributed by atoms with E-state index in [0.717, 1.165) is 22.4 Å². The zero-order valence-electron chi connectivity index (χ0n) is 20.5. The molecular weight excluding hydrogens is 461 g/mol. The van der Waals surface area contributed by atoms with E-state index in [-0.39, 0.29) is 31.2 Å². The molecule has 7 heteroatoms. The third-order valence-electron chi connectivity index (χ3n) is 6.43. The Morgan fingerprint density at radius 1 is 1.08 bits per heavy atom. The molecule has 0 unspecified atom stereocenters. The number of amides is 1. The molecule has 1 aliphatic heterocycles. The van der Waals surface area contributed by atoms with E-state index in [1.165, 1.54) is 11.0 Å². The standard InChI is InChI=1S/C29H30FNO5/c1-29(16-21-7-3-5-9-24(21)30)17-23-15-20(11-13-26(23)36-29)12-14-27(32)31(19-28(33)34)18-22-8-4-6-10-25(22)35-2/h3-11,13,15H,12,14,16-19H2,1-2H3,(H,33,34)/t29-/m1/s1. The van der Waals surface area contributed by atoms with Crippen molar-refractivity contribution >= 4 is 11.9 Å². The summed E-state index contributed by atoms with van der Waals surface area (Å²) < 4.78 is 25.7. The molecule has 0 bridgehead atoms. The number of para-hydroxylation sites is 1. The molecule has 0 saturated heterocycles. The predicted molar refractivity (Wildman–Crippen MR) is 134 cm³/mol. The van der Waals surface area contributed by atoms with Gasteiger partial charge in [-0.2, -0.15) is 0 Å². The van der Waals surface area contributed by atoms with Gasteiger partial charge in [0.05, 0.1) is 7.11 Å². The number of hydrogen-bond acceptors (Lipinski definition) is 4. The number of ether oxygens (including phenoxy) is 2. The number of rotatable bonds is 10. The van der Waals surface area contributed by atoms with E-state index in [1.807, 2.05) is 49.4 Å². The molecule has 0 radical (unpaired) electrons. The number of carboxylic acid groups (broad SMARTS) is 1. The summed E-state index contributed by atoms with van der Waals surface area (Å²) in [7, 11) is 1.54. The summed E-state index contributed by atoms with van der Waals surface area (Å²) in [6.45, 7) is 1.75. The van der Waals surface area contributed by atoms with Gasteiger partial charge in [0.1, 0.15) is 29.5 Å². The van der Waals surface area contributed by atoms with Crippen molar-refractivity contribution in [3.05, 3.63) is 94.8 Å². The molecule has 6 nitrogen and oxygen atoms in total. The molecule has 0 spiro atoms. The smallest absolute Gasteiger partial charge is 0.323 e. The van der Waals surface area contributed by atoms with Crippen LogP contribution >= 0.6 is 0 Å². The van der Waals surface area contributed by atoms with E-state index in [1.54, 1.807) is 25.3 Å². The summed E-state index contributed by atoms with van der Waals surface area (Å²) in [4.78, 5) is 25.7. The highest BCUT2D eigenvalue weighted by Crippen LogP contribution is 2.38. The van der Waals surface area contributed by atoms with E-state index in [9.17, 15) is 19.1 Å². The molecule has 1 amide bonds. The molecule has 0 saturated carbocycles. The Labute approximate surface area is 210 Å². The molecule has 3 aromatic carbocycles. The lowest BCUT2D eigenvalue weighted by Gasteiger charge is -2.24. The first-order valence-electron chi connectivity index (χ1n) is 11.9. The lowest BCUT2D eigenvalue weighted by molar-refractivity contribution is -0.144. The van der Waals surface area contributed by atoms with E-state index < -0.39 is 11.6 Å². The van der Waals surface area contributed by atoms with Crippen molar-refractivity contribution in [1.29, 1.82) is 0 Å². The predicted octanol–water partition coefficient (Wildman–Crippen LogP) is 4.82. The largest absolute Gasteiger partial charge is 0.496 e. The summed E-state index contributed by atoms with van der Waals surface area (Å²) in [6, 6.07) is 19.8. The Balaban J connectivity index is 1.41. The van der Waals surface area contributed by atoms with Crippen LogP contribution in [0.4, 0.5) is 4.39 Å². The minimum atomic E-state index is -1.07. The first kappa shape index (κ1) is 25.2. The maximum Gasteiger partial charge on any atom is 0.323 e. The second-order valence-electron chi connectivity index (χ2n) is 9.39. The molecule has 1 atom stereocenters. The fourth-order valence-electron chi connectivity index (χ4n) is 4.72. The van der Waals surface area contributed by atoms with Crippen LogP contribution in [-0.2, 0) is 35.4 Å². The van der Waals surface area contributed by atoms with Crippen LogP contribution in [0.5, 0.6) is 11.5 Å². The second-order valence-corrected chi connectivity index (χ2v) is 9.39. The van der Waals surface area contributed by atoms with E-state index >= 15 is 0 Å². The first-order valence-corrected chi connectivity index (χ1v) is 11.9. The number of carboxylic acids is 1. The molecular formula is C29H30FNO5. The van der Waals surface area contributed by atoms with Gasteiger partial charge in [-0.1, -0.05) is 48.5 Å². The van der Waals surface area contributed by atoms with Crippen LogP contribution in [-0.4, -0.2) is 41.1 Å². The monoisotopic (exact) mass is 491 g/mol. The second kappa shape index (κ2) is 10.8. The van der Waals surface area contributed by atoms with E-state index in [2.05, 4.69) is 0 Å². The summed E-state index contributed by atoms with van der Waals surface area (Å²) in [6.07, 6.45) is 1.74. The van der Waals surface area contributed by atoms with Gasteiger partial charge >= 0.3 is 5.97 Å².